The molecule has 1 N–H and O–H groups in total. The minimum atomic E-state index is -1.29. The number of hydrogen-bond donors (Lipinski definition) is 1. The lowest BCUT2D eigenvalue weighted by atomic mass is 9.81. The molecule has 0 unspecified atom stereocenters. The second-order valence-corrected chi connectivity index (χ2v) is 10.9. The Morgan fingerprint density at radius 3 is 2.19 bits per heavy atom. The van der Waals surface area contributed by atoms with Gasteiger partial charge in [-0.15, -0.1) is 11.5 Å². The highest BCUT2D eigenvalue weighted by Gasteiger charge is 2.25. The fourth-order valence-corrected chi connectivity index (χ4v) is 2.96. The number of rotatable bonds is 2. The molecule has 0 aromatic heterocycles. The van der Waals surface area contributed by atoms with Gasteiger partial charge in [-0.05, 0) is 25.7 Å². The van der Waals surface area contributed by atoms with Crippen LogP contribution in [0.3, 0.4) is 0 Å². The molecule has 1 rings (SSSR count). The van der Waals surface area contributed by atoms with Gasteiger partial charge in [-0.2, -0.15) is 0 Å². The summed E-state index contributed by atoms with van der Waals surface area (Å²) in [6.07, 6.45) is 6.11. The molecule has 0 aromatic rings. The summed E-state index contributed by atoms with van der Waals surface area (Å²) in [5, 5.41) is 10.3. The Hall–Kier alpha value is -0.263. The van der Waals surface area contributed by atoms with Gasteiger partial charge >= 0.3 is 0 Å². The van der Waals surface area contributed by atoms with Crippen LogP contribution >= 0.6 is 0 Å². The van der Waals surface area contributed by atoms with Crippen molar-refractivity contribution in [2.45, 2.75) is 64.8 Å². The maximum absolute atomic E-state index is 10.3. The number of aliphatic hydroxyl groups excluding tert-OH is 1. The normalized spacial score (nSPS) is 22.1. The molecule has 2 atom stereocenters. The SMILES string of the molecule is C[C@@H](C#C[Si](C)(C)C)[C@H](O)C1CCCCC1. The average molecular weight is 238 g/mol. The number of aliphatic hydroxyl groups is 1. The molecular weight excluding hydrogens is 212 g/mol. The average Bonchev–Trinajstić information content (AvgIpc) is 2.25. The molecule has 2 heteroatoms. The quantitative estimate of drug-likeness (QED) is 0.577. The van der Waals surface area contributed by atoms with Crippen LogP contribution in [-0.4, -0.2) is 19.3 Å². The third kappa shape index (κ3) is 4.72. The highest BCUT2D eigenvalue weighted by molar-refractivity contribution is 6.83. The molecule has 1 aliphatic rings. The van der Waals surface area contributed by atoms with Crippen molar-refractivity contribution in [1.29, 1.82) is 0 Å². The maximum atomic E-state index is 10.3. The zero-order chi connectivity index (χ0) is 12.2. The minimum Gasteiger partial charge on any atom is -0.392 e. The van der Waals surface area contributed by atoms with Crippen molar-refractivity contribution in [2.24, 2.45) is 11.8 Å². The van der Waals surface area contributed by atoms with Crippen LogP contribution in [0.25, 0.3) is 0 Å². The Kier molecular flexibility index (Phi) is 5.08. The van der Waals surface area contributed by atoms with Crippen molar-refractivity contribution < 1.29 is 5.11 Å². The van der Waals surface area contributed by atoms with Crippen LogP contribution in [0.4, 0.5) is 0 Å². The second-order valence-electron chi connectivity index (χ2n) is 6.20. The molecular formula is C14H26OSi. The van der Waals surface area contributed by atoms with Gasteiger partial charge in [0.1, 0.15) is 8.07 Å². The predicted molar refractivity (Wildman–Crippen MR) is 72.9 cm³/mol. The lowest BCUT2D eigenvalue weighted by molar-refractivity contribution is 0.0586. The lowest BCUT2D eigenvalue weighted by Crippen LogP contribution is -2.29. The van der Waals surface area contributed by atoms with E-state index in [0.717, 1.165) is 0 Å². The molecule has 16 heavy (non-hydrogen) atoms. The Balaban J connectivity index is 2.51. The van der Waals surface area contributed by atoms with E-state index >= 15 is 0 Å². The van der Waals surface area contributed by atoms with Gasteiger partial charge < -0.3 is 5.11 Å². The van der Waals surface area contributed by atoms with Gasteiger partial charge in [0, 0.05) is 5.92 Å². The van der Waals surface area contributed by atoms with E-state index in [1.807, 2.05) is 0 Å². The maximum Gasteiger partial charge on any atom is 0.129 e. The van der Waals surface area contributed by atoms with Gasteiger partial charge in [0.25, 0.3) is 0 Å². The Labute approximate surface area is 102 Å². The Morgan fingerprint density at radius 1 is 1.12 bits per heavy atom. The van der Waals surface area contributed by atoms with E-state index in [4.69, 9.17) is 0 Å². The zero-order valence-corrected chi connectivity index (χ0v) is 12.2. The molecule has 0 bridgehead atoms. The third-order valence-corrected chi connectivity index (χ3v) is 4.21. The van der Waals surface area contributed by atoms with Gasteiger partial charge in [-0.25, -0.2) is 0 Å². The van der Waals surface area contributed by atoms with Crippen molar-refractivity contribution in [2.75, 3.05) is 0 Å². The third-order valence-electron chi connectivity index (χ3n) is 3.32. The van der Waals surface area contributed by atoms with Gasteiger partial charge in [-0.3, -0.25) is 0 Å². The van der Waals surface area contributed by atoms with Crippen LogP contribution < -0.4 is 0 Å². The molecule has 1 saturated carbocycles. The van der Waals surface area contributed by atoms with Crippen molar-refractivity contribution >= 4 is 8.07 Å². The standard InChI is InChI=1S/C14H26OSi/c1-12(10-11-16(2,3)4)14(15)13-8-6-5-7-9-13/h12-15H,5-9H2,1-4H3/t12-,14-/m0/s1. The molecule has 1 fully saturated rings. The summed E-state index contributed by atoms with van der Waals surface area (Å²) in [4.78, 5) is 0. The first-order valence-corrected chi connectivity index (χ1v) is 10.1. The molecule has 0 radical (unpaired) electrons. The monoisotopic (exact) mass is 238 g/mol. The summed E-state index contributed by atoms with van der Waals surface area (Å²) < 4.78 is 0. The van der Waals surface area contributed by atoms with Crippen molar-refractivity contribution in [3.8, 4) is 11.5 Å². The highest BCUT2D eigenvalue weighted by atomic mass is 28.3. The van der Waals surface area contributed by atoms with Crippen molar-refractivity contribution in [3.63, 3.8) is 0 Å². The van der Waals surface area contributed by atoms with Gasteiger partial charge in [0.15, 0.2) is 0 Å². The largest absolute Gasteiger partial charge is 0.392 e. The molecule has 0 saturated heterocycles. The van der Waals surface area contributed by atoms with Crippen molar-refractivity contribution in [1.82, 2.24) is 0 Å². The number of hydrogen-bond acceptors (Lipinski definition) is 1. The summed E-state index contributed by atoms with van der Waals surface area (Å²) in [7, 11) is -1.29. The molecule has 0 amide bonds. The Bertz CT molecular complexity index is 263. The molecule has 0 spiro atoms. The van der Waals surface area contributed by atoms with Crippen LogP contribution in [0.1, 0.15) is 39.0 Å². The summed E-state index contributed by atoms with van der Waals surface area (Å²) in [5.74, 6) is 3.93. The van der Waals surface area contributed by atoms with Crippen LogP contribution in [0.2, 0.25) is 19.6 Å². The first kappa shape index (κ1) is 13.8. The predicted octanol–water partition coefficient (Wildman–Crippen LogP) is 3.44. The second kappa shape index (κ2) is 5.89. The molecule has 1 nitrogen and oxygen atoms in total. The Morgan fingerprint density at radius 2 is 1.69 bits per heavy atom. The lowest BCUT2D eigenvalue weighted by Gasteiger charge is -2.28. The van der Waals surface area contributed by atoms with E-state index in [0.29, 0.717) is 5.92 Å². The van der Waals surface area contributed by atoms with Gasteiger partial charge in [0.2, 0.25) is 0 Å². The smallest absolute Gasteiger partial charge is 0.129 e. The molecule has 1 aliphatic carbocycles. The highest BCUT2D eigenvalue weighted by Crippen LogP contribution is 2.29. The zero-order valence-electron chi connectivity index (χ0n) is 11.2. The van der Waals surface area contributed by atoms with E-state index in [2.05, 4.69) is 38.0 Å². The van der Waals surface area contributed by atoms with E-state index in [1.165, 1.54) is 32.1 Å². The van der Waals surface area contributed by atoms with E-state index in [-0.39, 0.29) is 12.0 Å². The summed E-state index contributed by atoms with van der Waals surface area (Å²) in [6.45, 7) is 8.82. The first-order chi connectivity index (χ1) is 7.40. The molecule has 92 valence electrons. The van der Waals surface area contributed by atoms with Gasteiger partial charge in [-0.1, -0.05) is 38.9 Å². The molecule has 0 aromatic carbocycles. The van der Waals surface area contributed by atoms with E-state index in [1.54, 1.807) is 0 Å². The van der Waals surface area contributed by atoms with Crippen LogP contribution in [0, 0.1) is 23.3 Å². The van der Waals surface area contributed by atoms with Gasteiger partial charge in [0.05, 0.1) is 6.10 Å². The molecule has 0 heterocycles. The van der Waals surface area contributed by atoms with Crippen LogP contribution in [0.15, 0.2) is 0 Å². The fourth-order valence-electron chi connectivity index (χ4n) is 2.30. The van der Waals surface area contributed by atoms with E-state index in [9.17, 15) is 5.11 Å². The minimum absolute atomic E-state index is 0.148. The first-order valence-electron chi connectivity index (χ1n) is 6.61. The molecule has 0 aliphatic heterocycles. The van der Waals surface area contributed by atoms with Crippen LogP contribution in [0.5, 0.6) is 0 Å². The van der Waals surface area contributed by atoms with E-state index < -0.39 is 8.07 Å². The summed E-state index contributed by atoms with van der Waals surface area (Å²) in [5.41, 5.74) is 3.37. The fraction of sp³-hybridized carbons (Fsp3) is 0.857. The summed E-state index contributed by atoms with van der Waals surface area (Å²) >= 11 is 0. The van der Waals surface area contributed by atoms with Crippen LogP contribution in [-0.2, 0) is 0 Å². The topological polar surface area (TPSA) is 20.2 Å². The summed E-state index contributed by atoms with van der Waals surface area (Å²) in [6, 6.07) is 0. The van der Waals surface area contributed by atoms with Crippen molar-refractivity contribution in [3.05, 3.63) is 0 Å².